The van der Waals surface area contributed by atoms with Crippen LogP contribution >= 0.6 is 0 Å². The Morgan fingerprint density at radius 3 is 2.61 bits per heavy atom. The summed E-state index contributed by atoms with van der Waals surface area (Å²) >= 11 is 0. The molecule has 1 atom stereocenters. The summed E-state index contributed by atoms with van der Waals surface area (Å²) in [6, 6.07) is 1.19. The van der Waals surface area contributed by atoms with Crippen molar-refractivity contribution in [3.8, 4) is 0 Å². The Hall–Kier alpha value is -0.120. The fraction of sp³-hybridized carbons (Fsp3) is 1.00. The molecule has 1 unspecified atom stereocenters. The molecule has 2 fully saturated rings. The average Bonchev–Trinajstić information content (AvgIpc) is 2.74. The maximum absolute atomic E-state index is 10.6. The maximum Gasteiger partial charge on any atom is 0.0774 e. The normalized spacial score (nSPS) is 29.0. The SMILES string of the molecule is CC(C)NCC1CCCCN1CC1(O)CCCC1. The van der Waals surface area contributed by atoms with Crippen molar-refractivity contribution in [3.05, 3.63) is 0 Å². The van der Waals surface area contributed by atoms with Crippen LogP contribution < -0.4 is 5.32 Å². The minimum Gasteiger partial charge on any atom is -0.389 e. The fourth-order valence-corrected chi connectivity index (χ4v) is 3.44. The summed E-state index contributed by atoms with van der Waals surface area (Å²) in [5.41, 5.74) is -0.382. The van der Waals surface area contributed by atoms with Crippen LogP contribution in [-0.2, 0) is 0 Å². The van der Waals surface area contributed by atoms with Gasteiger partial charge in [-0.05, 0) is 32.2 Å². The molecule has 2 N–H and O–H groups in total. The van der Waals surface area contributed by atoms with Gasteiger partial charge < -0.3 is 10.4 Å². The van der Waals surface area contributed by atoms with Crippen LogP contribution in [0, 0.1) is 0 Å². The van der Waals surface area contributed by atoms with Gasteiger partial charge in [-0.15, -0.1) is 0 Å². The minimum atomic E-state index is -0.382. The summed E-state index contributed by atoms with van der Waals surface area (Å²) in [6.45, 7) is 7.56. The van der Waals surface area contributed by atoms with E-state index >= 15 is 0 Å². The monoisotopic (exact) mass is 254 g/mol. The number of hydrogen-bond donors (Lipinski definition) is 2. The van der Waals surface area contributed by atoms with Gasteiger partial charge in [-0.1, -0.05) is 33.1 Å². The molecule has 2 aliphatic rings. The molecule has 0 aromatic heterocycles. The summed E-state index contributed by atoms with van der Waals surface area (Å²) in [5, 5.41) is 14.1. The van der Waals surface area contributed by atoms with Gasteiger partial charge in [0, 0.05) is 25.2 Å². The van der Waals surface area contributed by atoms with E-state index < -0.39 is 0 Å². The van der Waals surface area contributed by atoms with Crippen LogP contribution in [0.15, 0.2) is 0 Å². The third-order valence-electron chi connectivity index (χ3n) is 4.54. The lowest BCUT2D eigenvalue weighted by Gasteiger charge is -2.40. The molecule has 1 aliphatic heterocycles. The zero-order valence-electron chi connectivity index (χ0n) is 12.1. The van der Waals surface area contributed by atoms with E-state index in [0.717, 1.165) is 25.9 Å². The molecule has 0 aromatic rings. The number of piperidine rings is 1. The molecule has 2 rings (SSSR count). The molecular formula is C15H30N2O. The third kappa shape index (κ3) is 3.94. The molecule has 3 heteroatoms. The first-order valence-electron chi connectivity index (χ1n) is 7.79. The zero-order chi connectivity index (χ0) is 13.0. The second-order valence-corrected chi connectivity index (χ2v) is 6.61. The van der Waals surface area contributed by atoms with Crippen molar-refractivity contribution in [2.24, 2.45) is 0 Å². The molecule has 1 saturated carbocycles. The first-order chi connectivity index (χ1) is 8.59. The highest BCUT2D eigenvalue weighted by Gasteiger charge is 2.35. The van der Waals surface area contributed by atoms with Crippen LogP contribution in [0.3, 0.4) is 0 Å². The summed E-state index contributed by atoms with van der Waals surface area (Å²) in [6.07, 6.45) is 8.36. The standard InChI is InChI=1S/C15H30N2O/c1-13(2)16-11-14-7-3-6-10-17(14)12-15(18)8-4-5-9-15/h13-14,16,18H,3-12H2,1-2H3. The second kappa shape index (κ2) is 6.36. The Balaban J connectivity index is 1.86. The zero-order valence-corrected chi connectivity index (χ0v) is 12.1. The van der Waals surface area contributed by atoms with Crippen molar-refractivity contribution in [3.63, 3.8) is 0 Å². The number of hydrogen-bond acceptors (Lipinski definition) is 3. The highest BCUT2D eigenvalue weighted by Crippen LogP contribution is 2.32. The lowest BCUT2D eigenvalue weighted by molar-refractivity contribution is -0.0121. The minimum absolute atomic E-state index is 0.382. The Labute approximate surface area is 112 Å². The van der Waals surface area contributed by atoms with Gasteiger partial charge in [0.05, 0.1) is 5.60 Å². The molecule has 0 spiro atoms. The van der Waals surface area contributed by atoms with E-state index in [1.54, 1.807) is 0 Å². The number of nitrogens with zero attached hydrogens (tertiary/aromatic N) is 1. The molecule has 106 valence electrons. The summed E-state index contributed by atoms with van der Waals surface area (Å²) < 4.78 is 0. The van der Waals surface area contributed by atoms with Crippen LogP contribution in [-0.4, -0.2) is 47.3 Å². The van der Waals surface area contributed by atoms with Gasteiger partial charge in [0.15, 0.2) is 0 Å². The van der Waals surface area contributed by atoms with Crippen LogP contribution in [0.4, 0.5) is 0 Å². The number of β-amino-alcohol motifs (C(OH)–C–C–N with tert-alkyl or cyclic N) is 1. The molecule has 1 heterocycles. The molecule has 0 radical (unpaired) electrons. The smallest absolute Gasteiger partial charge is 0.0774 e. The van der Waals surface area contributed by atoms with Crippen LogP contribution in [0.25, 0.3) is 0 Å². The molecule has 3 nitrogen and oxygen atoms in total. The lowest BCUT2D eigenvalue weighted by Crippen LogP contribution is -2.52. The van der Waals surface area contributed by atoms with Gasteiger partial charge in [0.1, 0.15) is 0 Å². The predicted molar refractivity (Wildman–Crippen MR) is 75.8 cm³/mol. The van der Waals surface area contributed by atoms with Crippen molar-refractivity contribution >= 4 is 0 Å². The highest BCUT2D eigenvalue weighted by molar-refractivity contribution is 4.91. The van der Waals surface area contributed by atoms with E-state index in [0.29, 0.717) is 12.1 Å². The number of likely N-dealkylation sites (tertiary alicyclic amines) is 1. The van der Waals surface area contributed by atoms with E-state index in [9.17, 15) is 5.11 Å². The number of aliphatic hydroxyl groups is 1. The van der Waals surface area contributed by atoms with Crippen molar-refractivity contribution < 1.29 is 5.11 Å². The Kier molecular flexibility index (Phi) is 5.05. The maximum atomic E-state index is 10.6. The van der Waals surface area contributed by atoms with E-state index in [1.165, 1.54) is 38.6 Å². The fourth-order valence-electron chi connectivity index (χ4n) is 3.44. The second-order valence-electron chi connectivity index (χ2n) is 6.61. The summed E-state index contributed by atoms with van der Waals surface area (Å²) in [4.78, 5) is 2.55. The molecular weight excluding hydrogens is 224 g/mol. The number of nitrogens with one attached hydrogen (secondary N) is 1. The molecule has 1 aliphatic carbocycles. The average molecular weight is 254 g/mol. The first kappa shape index (κ1) is 14.3. The summed E-state index contributed by atoms with van der Waals surface area (Å²) in [5.74, 6) is 0. The Morgan fingerprint density at radius 1 is 1.22 bits per heavy atom. The van der Waals surface area contributed by atoms with Crippen molar-refractivity contribution in [2.75, 3.05) is 19.6 Å². The van der Waals surface area contributed by atoms with Gasteiger partial charge in [-0.25, -0.2) is 0 Å². The highest BCUT2D eigenvalue weighted by atomic mass is 16.3. The van der Waals surface area contributed by atoms with Gasteiger partial charge in [-0.3, -0.25) is 4.90 Å². The Morgan fingerprint density at radius 2 is 1.94 bits per heavy atom. The topological polar surface area (TPSA) is 35.5 Å². The largest absolute Gasteiger partial charge is 0.389 e. The molecule has 1 saturated heterocycles. The van der Waals surface area contributed by atoms with Gasteiger partial charge >= 0.3 is 0 Å². The van der Waals surface area contributed by atoms with Crippen LogP contribution in [0.2, 0.25) is 0 Å². The number of rotatable bonds is 5. The molecule has 0 bridgehead atoms. The van der Waals surface area contributed by atoms with E-state index in [4.69, 9.17) is 0 Å². The molecule has 0 amide bonds. The lowest BCUT2D eigenvalue weighted by atomic mass is 9.96. The first-order valence-corrected chi connectivity index (χ1v) is 7.79. The quantitative estimate of drug-likeness (QED) is 0.789. The molecule has 18 heavy (non-hydrogen) atoms. The van der Waals surface area contributed by atoms with E-state index in [2.05, 4.69) is 24.1 Å². The van der Waals surface area contributed by atoms with E-state index in [1.807, 2.05) is 0 Å². The van der Waals surface area contributed by atoms with Crippen LogP contribution in [0.1, 0.15) is 58.8 Å². The molecule has 0 aromatic carbocycles. The predicted octanol–water partition coefficient (Wildman–Crippen LogP) is 2.14. The van der Waals surface area contributed by atoms with Gasteiger partial charge in [0.2, 0.25) is 0 Å². The van der Waals surface area contributed by atoms with Crippen molar-refractivity contribution in [1.82, 2.24) is 10.2 Å². The van der Waals surface area contributed by atoms with Crippen molar-refractivity contribution in [2.45, 2.75) is 76.5 Å². The van der Waals surface area contributed by atoms with Gasteiger partial charge in [0.25, 0.3) is 0 Å². The Bertz CT molecular complexity index is 249. The third-order valence-corrected chi connectivity index (χ3v) is 4.54. The van der Waals surface area contributed by atoms with Crippen molar-refractivity contribution in [1.29, 1.82) is 0 Å². The van der Waals surface area contributed by atoms with Gasteiger partial charge in [-0.2, -0.15) is 0 Å². The van der Waals surface area contributed by atoms with E-state index in [-0.39, 0.29) is 5.60 Å². The summed E-state index contributed by atoms with van der Waals surface area (Å²) in [7, 11) is 0. The van der Waals surface area contributed by atoms with Crippen LogP contribution in [0.5, 0.6) is 0 Å².